The van der Waals surface area contributed by atoms with Crippen molar-refractivity contribution in [2.75, 3.05) is 0 Å². The molecule has 3 heteroatoms. The van der Waals surface area contributed by atoms with E-state index in [0.717, 1.165) is 45.1 Å². The minimum Gasteiger partial charge on any atom is -0.449 e. The third-order valence-electron chi connectivity index (χ3n) is 9.21. The van der Waals surface area contributed by atoms with Crippen LogP contribution in [-0.4, -0.2) is 4.57 Å². The lowest BCUT2D eigenvalue weighted by Crippen LogP contribution is -1.99. The number of benzene rings is 8. The monoisotopic (exact) mass is 575 g/mol. The zero-order valence-electron chi connectivity index (χ0n) is 24.2. The van der Waals surface area contributed by atoms with Crippen LogP contribution in [-0.2, 0) is 0 Å². The van der Waals surface area contributed by atoms with E-state index in [2.05, 4.69) is 132 Å². The van der Waals surface area contributed by atoms with Crippen LogP contribution >= 0.6 is 0 Å². The van der Waals surface area contributed by atoms with Gasteiger partial charge in [0.2, 0.25) is 0 Å². The predicted octanol–water partition coefficient (Wildman–Crippen LogP) is 11.8. The summed E-state index contributed by atoms with van der Waals surface area (Å²) >= 11 is 0. The van der Waals surface area contributed by atoms with Crippen LogP contribution in [0.3, 0.4) is 0 Å². The summed E-state index contributed by atoms with van der Waals surface area (Å²) in [5.41, 5.74) is 5.67. The molecule has 8 aromatic carbocycles. The summed E-state index contributed by atoms with van der Waals surface area (Å²) in [6, 6.07) is 53.8. The summed E-state index contributed by atoms with van der Waals surface area (Å²) in [5.74, 6) is 2.91. The molecular weight excluding hydrogens is 550 g/mol. The van der Waals surface area contributed by atoms with Gasteiger partial charge in [0, 0.05) is 22.5 Å². The van der Waals surface area contributed by atoms with Gasteiger partial charge in [-0.2, -0.15) is 0 Å². The molecule has 0 aliphatic carbocycles. The van der Waals surface area contributed by atoms with Crippen LogP contribution < -0.4 is 9.47 Å². The molecule has 0 amide bonds. The van der Waals surface area contributed by atoms with Crippen molar-refractivity contribution in [1.82, 2.24) is 4.57 Å². The number of fused-ring (bicyclic) bond motifs is 11. The highest BCUT2D eigenvalue weighted by Gasteiger charge is 2.22. The number of aromatic nitrogens is 1. The van der Waals surface area contributed by atoms with Gasteiger partial charge in [-0.3, -0.25) is 0 Å². The zero-order chi connectivity index (χ0) is 29.5. The molecule has 45 heavy (non-hydrogen) atoms. The molecular formula is C42H25NO2. The van der Waals surface area contributed by atoms with Gasteiger partial charge in [0.05, 0.1) is 11.0 Å². The summed E-state index contributed by atoms with van der Waals surface area (Å²) in [4.78, 5) is 0. The van der Waals surface area contributed by atoms with Crippen molar-refractivity contribution in [2.24, 2.45) is 0 Å². The van der Waals surface area contributed by atoms with E-state index in [4.69, 9.17) is 9.47 Å². The second kappa shape index (κ2) is 9.22. The van der Waals surface area contributed by atoms with Crippen LogP contribution in [0.4, 0.5) is 0 Å². The van der Waals surface area contributed by atoms with Crippen molar-refractivity contribution in [3.05, 3.63) is 152 Å². The van der Waals surface area contributed by atoms with Gasteiger partial charge in [-0.15, -0.1) is 0 Å². The molecule has 0 radical (unpaired) electrons. The van der Waals surface area contributed by atoms with Gasteiger partial charge in [0.25, 0.3) is 0 Å². The van der Waals surface area contributed by atoms with Gasteiger partial charge < -0.3 is 14.0 Å². The topological polar surface area (TPSA) is 23.4 Å². The Bertz CT molecular complexity index is 2630. The molecule has 9 aromatic rings. The molecule has 0 saturated heterocycles. The summed E-state index contributed by atoms with van der Waals surface area (Å²) < 4.78 is 15.0. The van der Waals surface area contributed by atoms with E-state index in [-0.39, 0.29) is 0 Å². The Morgan fingerprint density at radius 2 is 0.867 bits per heavy atom. The Hall–Kier alpha value is -6.06. The van der Waals surface area contributed by atoms with E-state index >= 15 is 0 Å². The largest absolute Gasteiger partial charge is 0.449 e. The van der Waals surface area contributed by atoms with Gasteiger partial charge in [-0.1, -0.05) is 103 Å². The molecule has 210 valence electrons. The molecule has 1 aromatic heterocycles. The van der Waals surface area contributed by atoms with Crippen LogP contribution in [0.15, 0.2) is 152 Å². The van der Waals surface area contributed by atoms with E-state index in [1.54, 1.807) is 0 Å². The third-order valence-corrected chi connectivity index (χ3v) is 9.21. The Labute approximate surface area is 259 Å². The number of hydrogen-bond donors (Lipinski definition) is 0. The van der Waals surface area contributed by atoms with Crippen molar-refractivity contribution in [1.29, 1.82) is 0 Å². The van der Waals surface area contributed by atoms with E-state index in [1.165, 1.54) is 48.8 Å². The van der Waals surface area contributed by atoms with Gasteiger partial charge in [-0.25, -0.2) is 0 Å². The summed E-state index contributed by atoms with van der Waals surface area (Å²) in [6.07, 6.45) is 0. The maximum atomic E-state index is 6.33. The maximum absolute atomic E-state index is 6.33. The number of para-hydroxylation sites is 3. The van der Waals surface area contributed by atoms with Gasteiger partial charge in [0.1, 0.15) is 0 Å². The third kappa shape index (κ3) is 3.58. The molecule has 0 saturated carbocycles. The smallest absolute Gasteiger partial charge is 0.172 e. The van der Waals surface area contributed by atoms with Crippen LogP contribution in [0.25, 0.3) is 70.9 Å². The first-order valence-corrected chi connectivity index (χ1v) is 15.3. The summed E-state index contributed by atoms with van der Waals surface area (Å²) in [5, 5.41) is 9.99. The second-order valence-corrected chi connectivity index (χ2v) is 11.7. The molecule has 1 aliphatic heterocycles. The average molecular weight is 576 g/mol. The maximum Gasteiger partial charge on any atom is 0.172 e. The predicted molar refractivity (Wildman–Crippen MR) is 185 cm³/mol. The van der Waals surface area contributed by atoms with E-state index in [9.17, 15) is 0 Å². The number of ether oxygens (including phenoxy) is 2. The van der Waals surface area contributed by atoms with Crippen LogP contribution in [0.2, 0.25) is 0 Å². The Morgan fingerprint density at radius 3 is 1.58 bits per heavy atom. The molecule has 1 aliphatic rings. The molecule has 0 spiro atoms. The fourth-order valence-electron chi connectivity index (χ4n) is 7.18. The molecule has 10 rings (SSSR count). The molecule has 0 N–H and O–H groups in total. The highest BCUT2D eigenvalue weighted by atomic mass is 16.6. The number of nitrogens with zero attached hydrogens (tertiary/aromatic N) is 1. The molecule has 0 unspecified atom stereocenters. The minimum absolute atomic E-state index is 0.718. The fourth-order valence-corrected chi connectivity index (χ4v) is 7.18. The zero-order valence-corrected chi connectivity index (χ0v) is 24.2. The van der Waals surface area contributed by atoms with E-state index < -0.39 is 0 Å². The van der Waals surface area contributed by atoms with Gasteiger partial charge >= 0.3 is 0 Å². The van der Waals surface area contributed by atoms with Crippen molar-refractivity contribution in [3.8, 4) is 39.8 Å². The van der Waals surface area contributed by atoms with Crippen molar-refractivity contribution in [2.45, 2.75) is 0 Å². The second-order valence-electron chi connectivity index (χ2n) is 11.7. The molecule has 2 heterocycles. The molecule has 0 bridgehead atoms. The quantitative estimate of drug-likeness (QED) is 0.191. The van der Waals surface area contributed by atoms with Crippen molar-refractivity contribution < 1.29 is 9.47 Å². The standard InChI is InChI=1S/C42H25NO2/c1-2-14-31-29(12-1)30-13-3-4-15-32(30)35-23-27(20-21-33(31)35)26-10-9-11-28(22-26)43-37-17-6-5-16-34(37)36-24-41-42(25-38(36)43)45-40-19-8-7-18-39(40)44-41/h1-25H. The van der Waals surface area contributed by atoms with Gasteiger partial charge in [-0.05, 0) is 85.9 Å². The highest BCUT2D eigenvalue weighted by molar-refractivity contribution is 6.25. The average Bonchev–Trinajstić information content (AvgIpc) is 3.42. The Balaban J connectivity index is 1.17. The lowest BCUT2D eigenvalue weighted by Gasteiger charge is -2.20. The lowest BCUT2D eigenvalue weighted by atomic mass is 9.92. The normalized spacial score (nSPS) is 12.4. The molecule has 0 fully saturated rings. The van der Waals surface area contributed by atoms with Crippen LogP contribution in [0.5, 0.6) is 23.0 Å². The summed E-state index contributed by atoms with van der Waals surface area (Å²) in [6.45, 7) is 0. The fraction of sp³-hybridized carbons (Fsp3) is 0. The summed E-state index contributed by atoms with van der Waals surface area (Å²) in [7, 11) is 0. The first kappa shape index (κ1) is 24.4. The molecule has 0 atom stereocenters. The van der Waals surface area contributed by atoms with E-state index in [1.807, 2.05) is 24.3 Å². The van der Waals surface area contributed by atoms with Crippen LogP contribution in [0.1, 0.15) is 0 Å². The SMILES string of the molecule is c1cc(-c2ccc3c4ccccc4c4ccccc4c3c2)cc(-n2c3ccccc3c3cc4c(cc32)Oc2ccccc2O4)c1. The molecule has 3 nitrogen and oxygen atoms in total. The lowest BCUT2D eigenvalue weighted by molar-refractivity contribution is 0.360. The first-order chi connectivity index (χ1) is 22.3. The minimum atomic E-state index is 0.718. The first-order valence-electron chi connectivity index (χ1n) is 15.3. The number of rotatable bonds is 2. The van der Waals surface area contributed by atoms with Crippen molar-refractivity contribution in [3.63, 3.8) is 0 Å². The van der Waals surface area contributed by atoms with E-state index in [0.29, 0.717) is 0 Å². The van der Waals surface area contributed by atoms with Crippen molar-refractivity contribution >= 4 is 54.1 Å². The van der Waals surface area contributed by atoms with Gasteiger partial charge in [0.15, 0.2) is 23.0 Å². The number of hydrogen-bond acceptors (Lipinski definition) is 2. The Kier molecular flexibility index (Phi) is 5.00. The van der Waals surface area contributed by atoms with Crippen LogP contribution in [0, 0.1) is 0 Å². The highest BCUT2D eigenvalue weighted by Crippen LogP contribution is 2.48. The Morgan fingerprint density at radius 1 is 0.311 bits per heavy atom.